The lowest BCUT2D eigenvalue weighted by atomic mass is 10.0. The maximum atomic E-state index is 15.5. The number of hydrogen-bond donors (Lipinski definition) is 0. The minimum absolute atomic E-state index is 0.133. The maximum absolute atomic E-state index is 15.5. The molecular weight excluding hydrogens is 395 g/mol. The highest BCUT2D eigenvalue weighted by Gasteiger charge is 2.32. The fraction of sp³-hybridized carbons (Fsp3) is 0.0476. The quantitative estimate of drug-likeness (QED) is 0.358. The van der Waals surface area contributed by atoms with Crippen molar-refractivity contribution in [1.29, 1.82) is 0 Å². The van der Waals surface area contributed by atoms with E-state index in [2.05, 4.69) is 0 Å². The van der Waals surface area contributed by atoms with Gasteiger partial charge in [-0.15, -0.1) is 0 Å². The first-order chi connectivity index (χ1) is 13.9. The van der Waals surface area contributed by atoms with Gasteiger partial charge in [0.25, 0.3) is 15.7 Å². The van der Waals surface area contributed by atoms with E-state index >= 15 is 4.39 Å². The molecule has 6 nitrogen and oxygen atoms in total. The van der Waals surface area contributed by atoms with E-state index in [1.807, 2.05) is 30.3 Å². The molecule has 1 heterocycles. The molecule has 0 bridgehead atoms. The van der Waals surface area contributed by atoms with Gasteiger partial charge in [0.05, 0.1) is 10.4 Å². The lowest BCUT2D eigenvalue weighted by Crippen LogP contribution is -2.16. The first-order valence-electron chi connectivity index (χ1n) is 8.72. The number of aromatic nitrogens is 1. The van der Waals surface area contributed by atoms with Crippen LogP contribution in [-0.4, -0.2) is 17.3 Å². The lowest BCUT2D eigenvalue weighted by molar-refractivity contribution is -0.387. The highest BCUT2D eigenvalue weighted by atomic mass is 32.2. The van der Waals surface area contributed by atoms with Gasteiger partial charge in [-0.2, -0.15) is 4.39 Å². The molecule has 0 atom stereocenters. The lowest BCUT2D eigenvalue weighted by Gasteiger charge is -2.09. The van der Waals surface area contributed by atoms with Gasteiger partial charge in [-0.25, -0.2) is 12.4 Å². The van der Waals surface area contributed by atoms with Gasteiger partial charge >= 0.3 is 0 Å². The fourth-order valence-corrected chi connectivity index (χ4v) is 4.97. The third-order valence-corrected chi connectivity index (χ3v) is 6.42. The van der Waals surface area contributed by atoms with E-state index in [0.717, 1.165) is 17.7 Å². The summed E-state index contributed by atoms with van der Waals surface area (Å²) >= 11 is 0. The summed E-state index contributed by atoms with van der Waals surface area (Å²) in [6, 6.07) is 20.5. The summed E-state index contributed by atoms with van der Waals surface area (Å²) in [6.45, 7) is 0. The van der Waals surface area contributed by atoms with Crippen molar-refractivity contribution in [2.45, 2.75) is 11.3 Å². The van der Waals surface area contributed by atoms with Crippen molar-refractivity contribution in [2.75, 3.05) is 0 Å². The molecule has 0 N–H and O–H groups in total. The van der Waals surface area contributed by atoms with Crippen molar-refractivity contribution >= 4 is 26.6 Å². The highest BCUT2D eigenvalue weighted by Crippen LogP contribution is 2.33. The summed E-state index contributed by atoms with van der Waals surface area (Å²) in [7, 11) is -4.54. The average molecular weight is 410 g/mol. The minimum atomic E-state index is -4.54. The molecule has 0 aliphatic rings. The predicted molar refractivity (Wildman–Crippen MR) is 107 cm³/mol. The smallest absolute Gasteiger partial charge is 0.258 e. The first kappa shape index (κ1) is 18.8. The van der Waals surface area contributed by atoms with E-state index in [-0.39, 0.29) is 17.5 Å². The molecule has 0 aliphatic heterocycles. The van der Waals surface area contributed by atoms with Crippen LogP contribution in [0.4, 0.5) is 10.1 Å². The fourth-order valence-electron chi connectivity index (χ4n) is 3.37. The Hall–Kier alpha value is -3.52. The minimum Gasteiger partial charge on any atom is -0.258 e. The molecule has 0 fully saturated rings. The Morgan fingerprint density at radius 2 is 1.52 bits per heavy atom. The predicted octanol–water partition coefficient (Wildman–Crippen LogP) is 4.52. The molecule has 0 radical (unpaired) electrons. The van der Waals surface area contributed by atoms with Crippen LogP contribution in [0.3, 0.4) is 0 Å². The molecule has 0 saturated heterocycles. The van der Waals surface area contributed by atoms with Crippen LogP contribution in [0.5, 0.6) is 0 Å². The number of benzene rings is 3. The zero-order valence-corrected chi connectivity index (χ0v) is 15.8. The molecule has 8 heteroatoms. The molecule has 0 unspecified atom stereocenters. The van der Waals surface area contributed by atoms with Crippen LogP contribution in [0.2, 0.25) is 0 Å². The molecule has 3 aromatic carbocycles. The van der Waals surface area contributed by atoms with E-state index in [9.17, 15) is 18.5 Å². The number of nitrogens with zero attached hydrogens (tertiary/aromatic N) is 2. The van der Waals surface area contributed by atoms with Gasteiger partial charge < -0.3 is 0 Å². The number of nitro benzene ring substituents is 1. The largest absolute Gasteiger partial charge is 0.289 e. The van der Waals surface area contributed by atoms with Crippen molar-refractivity contribution in [3.8, 4) is 0 Å². The first-order valence-corrected chi connectivity index (χ1v) is 10.2. The molecule has 0 amide bonds. The van der Waals surface area contributed by atoms with E-state index in [1.165, 1.54) is 18.2 Å². The summed E-state index contributed by atoms with van der Waals surface area (Å²) in [4.78, 5) is 9.98. The Morgan fingerprint density at radius 3 is 2.24 bits per heavy atom. The third kappa shape index (κ3) is 3.17. The van der Waals surface area contributed by atoms with Gasteiger partial charge in [-0.05, 0) is 17.7 Å². The van der Waals surface area contributed by atoms with Gasteiger partial charge in [0.15, 0.2) is 4.90 Å². The van der Waals surface area contributed by atoms with Crippen molar-refractivity contribution in [3.63, 3.8) is 0 Å². The summed E-state index contributed by atoms with van der Waals surface area (Å²) in [5.41, 5.74) is 0.565. The zero-order chi connectivity index (χ0) is 20.6. The van der Waals surface area contributed by atoms with Crippen LogP contribution in [0.1, 0.15) is 11.1 Å². The molecule has 146 valence electrons. The van der Waals surface area contributed by atoms with Gasteiger partial charge in [-0.1, -0.05) is 60.7 Å². The average Bonchev–Trinajstić information content (AvgIpc) is 3.01. The molecule has 29 heavy (non-hydrogen) atoms. The van der Waals surface area contributed by atoms with Crippen LogP contribution >= 0.6 is 0 Å². The van der Waals surface area contributed by atoms with Gasteiger partial charge in [0.1, 0.15) is 0 Å². The molecular formula is C21H15FN2O4S. The molecule has 0 aliphatic carbocycles. The number of nitro groups is 1. The second-order valence-electron chi connectivity index (χ2n) is 6.44. The van der Waals surface area contributed by atoms with E-state index < -0.39 is 31.5 Å². The number of rotatable bonds is 5. The summed E-state index contributed by atoms with van der Waals surface area (Å²) in [5, 5.41) is 11.8. The van der Waals surface area contributed by atoms with Gasteiger partial charge in [0.2, 0.25) is 5.95 Å². The van der Waals surface area contributed by atoms with E-state index in [1.54, 1.807) is 18.2 Å². The molecule has 4 rings (SSSR count). The van der Waals surface area contributed by atoms with Crippen molar-refractivity contribution in [1.82, 2.24) is 3.97 Å². The Bertz CT molecular complexity index is 1330. The number of para-hydroxylation sites is 2. The second-order valence-corrected chi connectivity index (χ2v) is 8.20. The molecule has 1 aromatic heterocycles. The maximum Gasteiger partial charge on any atom is 0.289 e. The zero-order valence-electron chi connectivity index (χ0n) is 15.0. The normalized spacial score (nSPS) is 11.6. The van der Waals surface area contributed by atoms with E-state index in [0.29, 0.717) is 9.36 Å². The SMILES string of the molecule is O=[N+]([O-])c1ccccc1S(=O)(=O)n1c(F)c(Cc2ccccc2)c2ccccc21. The van der Waals surface area contributed by atoms with Crippen LogP contribution < -0.4 is 0 Å². The molecule has 4 aromatic rings. The monoisotopic (exact) mass is 410 g/mol. The van der Waals surface area contributed by atoms with Gasteiger partial charge in [0, 0.05) is 23.4 Å². The Labute approximate surface area is 166 Å². The topological polar surface area (TPSA) is 82.2 Å². The second kappa shape index (κ2) is 7.14. The summed E-state index contributed by atoms with van der Waals surface area (Å²) < 4.78 is 42.6. The van der Waals surface area contributed by atoms with Crippen LogP contribution in [-0.2, 0) is 16.4 Å². The van der Waals surface area contributed by atoms with Crippen molar-refractivity contribution in [2.24, 2.45) is 0 Å². The Balaban J connectivity index is 1.98. The number of fused-ring (bicyclic) bond motifs is 1. The highest BCUT2D eigenvalue weighted by molar-refractivity contribution is 7.90. The number of halogens is 1. The third-order valence-electron chi connectivity index (χ3n) is 4.68. The van der Waals surface area contributed by atoms with Crippen molar-refractivity contribution in [3.05, 3.63) is 106 Å². The molecule has 0 saturated carbocycles. The number of hydrogen-bond acceptors (Lipinski definition) is 4. The molecule has 0 spiro atoms. The van der Waals surface area contributed by atoms with Crippen LogP contribution in [0, 0.1) is 16.1 Å². The Morgan fingerprint density at radius 1 is 0.897 bits per heavy atom. The summed E-state index contributed by atoms with van der Waals surface area (Å²) in [5.74, 6) is -0.951. The van der Waals surface area contributed by atoms with Crippen LogP contribution in [0.25, 0.3) is 10.9 Å². The summed E-state index contributed by atoms with van der Waals surface area (Å²) in [6.07, 6.45) is 0.187. The van der Waals surface area contributed by atoms with Crippen molar-refractivity contribution < 1.29 is 17.7 Å². The Kier molecular flexibility index (Phi) is 4.63. The van der Waals surface area contributed by atoms with Gasteiger partial charge in [-0.3, -0.25) is 10.1 Å². The van der Waals surface area contributed by atoms with Crippen LogP contribution in [0.15, 0.2) is 83.8 Å². The van der Waals surface area contributed by atoms with E-state index in [4.69, 9.17) is 0 Å². The standard InChI is InChI=1S/C21H15FN2O4S/c22-21-17(14-15-8-2-1-3-9-15)16-10-4-5-11-18(16)23(21)29(27,28)20-13-7-6-12-19(20)24(25)26/h1-13H,14H2.